The van der Waals surface area contributed by atoms with Crippen LogP contribution >= 0.6 is 0 Å². The van der Waals surface area contributed by atoms with Gasteiger partial charge in [-0.1, -0.05) is 6.07 Å². The molecule has 2 heterocycles. The Morgan fingerprint density at radius 1 is 1.19 bits per heavy atom. The Hall–Kier alpha value is -3.22. The first-order valence-electron chi connectivity index (χ1n) is 7.23. The SMILES string of the molecule is O=[N+]([O-])c1cc(S(=O)(=O)C(F)(F)F)ccc1NCc1nnc2ccccn12. The van der Waals surface area contributed by atoms with Crippen LogP contribution in [0.4, 0.5) is 24.5 Å². The minimum absolute atomic E-state index is 0.0304. The number of fused-ring (bicyclic) bond motifs is 1. The molecular weight excluding hydrogens is 391 g/mol. The van der Waals surface area contributed by atoms with E-state index in [1.807, 2.05) is 0 Å². The van der Waals surface area contributed by atoms with Gasteiger partial charge in [-0.15, -0.1) is 10.2 Å². The average molecular weight is 401 g/mol. The van der Waals surface area contributed by atoms with Crippen LogP contribution in [0.3, 0.4) is 0 Å². The molecule has 9 nitrogen and oxygen atoms in total. The average Bonchev–Trinajstić information content (AvgIpc) is 3.02. The van der Waals surface area contributed by atoms with Crippen LogP contribution in [-0.2, 0) is 16.4 Å². The van der Waals surface area contributed by atoms with Crippen LogP contribution in [0.25, 0.3) is 5.65 Å². The monoisotopic (exact) mass is 401 g/mol. The summed E-state index contributed by atoms with van der Waals surface area (Å²) in [4.78, 5) is 9.00. The van der Waals surface area contributed by atoms with E-state index < -0.39 is 30.9 Å². The fraction of sp³-hybridized carbons (Fsp3) is 0.143. The standard InChI is InChI=1S/C14H10F3N5O4S/c15-14(16,17)27(25,26)9-4-5-10(11(7-9)22(23)24)18-8-13-20-19-12-3-1-2-6-21(12)13/h1-7,18H,8H2. The number of alkyl halides is 3. The second-order valence-electron chi connectivity index (χ2n) is 5.28. The number of nitrogens with zero attached hydrogens (tertiary/aromatic N) is 4. The maximum absolute atomic E-state index is 12.6. The van der Waals surface area contributed by atoms with Gasteiger partial charge in [0, 0.05) is 12.3 Å². The molecule has 3 rings (SSSR count). The zero-order valence-corrected chi connectivity index (χ0v) is 14.0. The van der Waals surface area contributed by atoms with Crippen molar-refractivity contribution in [3.63, 3.8) is 0 Å². The molecule has 0 aliphatic rings. The third kappa shape index (κ3) is 3.40. The molecule has 0 unspecified atom stereocenters. The number of anilines is 1. The van der Waals surface area contributed by atoms with E-state index in [4.69, 9.17) is 0 Å². The Bertz CT molecular complexity index is 1130. The third-order valence-electron chi connectivity index (χ3n) is 3.60. The topological polar surface area (TPSA) is 120 Å². The van der Waals surface area contributed by atoms with E-state index in [0.29, 0.717) is 23.6 Å². The highest BCUT2D eigenvalue weighted by molar-refractivity contribution is 7.92. The number of rotatable bonds is 5. The molecule has 0 atom stereocenters. The minimum Gasteiger partial charge on any atom is -0.372 e. The third-order valence-corrected chi connectivity index (χ3v) is 5.09. The molecule has 0 radical (unpaired) electrons. The normalized spacial score (nSPS) is 12.3. The van der Waals surface area contributed by atoms with Crippen molar-refractivity contribution in [3.8, 4) is 0 Å². The summed E-state index contributed by atoms with van der Waals surface area (Å²) in [6, 6.07) is 7.08. The predicted molar refractivity (Wildman–Crippen MR) is 86.7 cm³/mol. The highest BCUT2D eigenvalue weighted by Crippen LogP contribution is 2.34. The summed E-state index contributed by atoms with van der Waals surface area (Å²) >= 11 is 0. The van der Waals surface area contributed by atoms with E-state index in [1.54, 1.807) is 28.8 Å². The molecule has 1 N–H and O–H groups in total. The Kier molecular flexibility index (Phi) is 4.47. The molecular formula is C14H10F3N5O4S. The van der Waals surface area contributed by atoms with E-state index in [1.165, 1.54) is 0 Å². The van der Waals surface area contributed by atoms with Gasteiger partial charge in [-0.3, -0.25) is 14.5 Å². The van der Waals surface area contributed by atoms with Crippen molar-refractivity contribution in [2.24, 2.45) is 0 Å². The van der Waals surface area contributed by atoms with Gasteiger partial charge in [-0.2, -0.15) is 13.2 Å². The minimum atomic E-state index is -5.69. The van der Waals surface area contributed by atoms with Crippen LogP contribution in [0.2, 0.25) is 0 Å². The number of aromatic nitrogens is 3. The first kappa shape index (κ1) is 18.6. The van der Waals surface area contributed by atoms with Crippen molar-refractivity contribution in [2.75, 3.05) is 5.32 Å². The van der Waals surface area contributed by atoms with Crippen molar-refractivity contribution >= 4 is 26.9 Å². The number of nitro groups is 1. The van der Waals surface area contributed by atoms with E-state index in [2.05, 4.69) is 15.5 Å². The van der Waals surface area contributed by atoms with Gasteiger partial charge in [-0.25, -0.2) is 8.42 Å². The lowest BCUT2D eigenvalue weighted by molar-refractivity contribution is -0.384. The van der Waals surface area contributed by atoms with Gasteiger partial charge in [0.05, 0.1) is 16.4 Å². The Morgan fingerprint density at radius 3 is 2.59 bits per heavy atom. The summed E-state index contributed by atoms with van der Waals surface area (Å²) in [5.74, 6) is 0.395. The summed E-state index contributed by atoms with van der Waals surface area (Å²) in [6.07, 6.45) is 1.67. The quantitative estimate of drug-likeness (QED) is 0.515. The molecule has 0 bridgehead atoms. The first-order valence-corrected chi connectivity index (χ1v) is 8.72. The van der Waals surface area contributed by atoms with Crippen LogP contribution in [0.1, 0.15) is 5.82 Å². The molecule has 0 saturated carbocycles. The fourth-order valence-electron chi connectivity index (χ4n) is 2.30. The number of sulfone groups is 1. The summed E-state index contributed by atoms with van der Waals surface area (Å²) < 4.78 is 62.4. The molecule has 3 aromatic rings. The molecule has 1 aromatic carbocycles. The van der Waals surface area contributed by atoms with Gasteiger partial charge >= 0.3 is 5.51 Å². The number of halogens is 3. The Labute approximate surface area is 149 Å². The van der Waals surface area contributed by atoms with Crippen LogP contribution in [0.15, 0.2) is 47.5 Å². The molecule has 0 saturated heterocycles. The molecule has 2 aromatic heterocycles. The molecule has 27 heavy (non-hydrogen) atoms. The van der Waals surface area contributed by atoms with E-state index in [0.717, 1.165) is 6.07 Å². The Morgan fingerprint density at radius 2 is 1.93 bits per heavy atom. The largest absolute Gasteiger partial charge is 0.501 e. The van der Waals surface area contributed by atoms with Crippen molar-refractivity contribution in [1.82, 2.24) is 14.6 Å². The molecule has 0 spiro atoms. The molecule has 142 valence electrons. The van der Waals surface area contributed by atoms with Gasteiger partial charge in [0.25, 0.3) is 15.5 Å². The van der Waals surface area contributed by atoms with Gasteiger partial charge in [-0.05, 0) is 24.3 Å². The van der Waals surface area contributed by atoms with Gasteiger partial charge in [0.15, 0.2) is 11.5 Å². The number of nitrogens with one attached hydrogen (secondary N) is 1. The molecule has 13 heteroatoms. The van der Waals surface area contributed by atoms with Crippen LogP contribution < -0.4 is 5.32 Å². The lowest BCUT2D eigenvalue weighted by atomic mass is 10.2. The predicted octanol–water partition coefficient (Wildman–Crippen LogP) is 2.54. The molecule has 0 aliphatic heterocycles. The fourth-order valence-corrected chi connectivity index (χ4v) is 3.08. The highest BCUT2D eigenvalue weighted by atomic mass is 32.2. The summed E-state index contributed by atoms with van der Waals surface area (Å²) in [6.45, 7) is -0.0304. The second kappa shape index (κ2) is 6.50. The summed E-state index contributed by atoms with van der Waals surface area (Å²) in [7, 11) is -5.69. The van der Waals surface area contributed by atoms with E-state index in [-0.39, 0.29) is 12.2 Å². The van der Waals surface area contributed by atoms with Crippen LogP contribution in [-0.4, -0.2) is 33.4 Å². The lowest BCUT2D eigenvalue weighted by Gasteiger charge is -2.10. The van der Waals surface area contributed by atoms with E-state index >= 15 is 0 Å². The van der Waals surface area contributed by atoms with Crippen LogP contribution in [0, 0.1) is 10.1 Å². The number of pyridine rings is 1. The van der Waals surface area contributed by atoms with Gasteiger partial charge in [0.1, 0.15) is 5.69 Å². The number of hydrogen-bond acceptors (Lipinski definition) is 7. The van der Waals surface area contributed by atoms with Crippen molar-refractivity contribution in [2.45, 2.75) is 16.9 Å². The maximum Gasteiger partial charge on any atom is 0.501 e. The summed E-state index contributed by atoms with van der Waals surface area (Å²) in [5, 5.41) is 21.7. The number of nitro benzene ring substituents is 1. The van der Waals surface area contributed by atoms with E-state index in [9.17, 15) is 31.7 Å². The number of benzene rings is 1. The summed E-state index contributed by atoms with van der Waals surface area (Å²) in [5.41, 5.74) is -5.99. The van der Waals surface area contributed by atoms with Gasteiger partial charge in [0.2, 0.25) is 0 Å². The zero-order chi connectivity index (χ0) is 19.8. The smallest absolute Gasteiger partial charge is 0.372 e. The second-order valence-corrected chi connectivity index (χ2v) is 7.23. The molecule has 0 amide bonds. The van der Waals surface area contributed by atoms with Crippen LogP contribution in [0.5, 0.6) is 0 Å². The highest BCUT2D eigenvalue weighted by Gasteiger charge is 2.47. The molecule has 0 fully saturated rings. The lowest BCUT2D eigenvalue weighted by Crippen LogP contribution is -2.23. The van der Waals surface area contributed by atoms with Crippen molar-refractivity contribution in [1.29, 1.82) is 0 Å². The van der Waals surface area contributed by atoms with Crippen molar-refractivity contribution in [3.05, 3.63) is 58.5 Å². The Balaban J connectivity index is 1.93. The first-order chi connectivity index (χ1) is 12.6. The zero-order valence-electron chi connectivity index (χ0n) is 13.2. The maximum atomic E-state index is 12.6. The van der Waals surface area contributed by atoms with Gasteiger partial charge < -0.3 is 5.32 Å². The van der Waals surface area contributed by atoms with Crippen molar-refractivity contribution < 1.29 is 26.5 Å². The molecule has 0 aliphatic carbocycles. The number of hydrogen-bond donors (Lipinski definition) is 1.